The number of benzene rings is 2. The van der Waals surface area contributed by atoms with E-state index in [-0.39, 0.29) is 24.3 Å². The normalized spacial score (nSPS) is 14.7. The van der Waals surface area contributed by atoms with Gasteiger partial charge in [0.15, 0.2) is 0 Å². The fourth-order valence-corrected chi connectivity index (χ4v) is 5.47. The summed E-state index contributed by atoms with van der Waals surface area (Å²) in [6.07, 6.45) is 3.92. The number of aromatic nitrogens is 2. The molecule has 1 aliphatic heterocycles. The summed E-state index contributed by atoms with van der Waals surface area (Å²) in [7, 11) is -1.95. The highest BCUT2D eigenvalue weighted by Crippen LogP contribution is 2.32. The SMILES string of the molecule is COc1cc(C)cc(N(CCCOS(C)(=O)=O)c2ccc3ncn(C4CCN(C(=O)OC(C)(C)C)CC4)c(=O)c3c2)c1. The summed E-state index contributed by atoms with van der Waals surface area (Å²) in [5.41, 5.74) is 2.44. The number of aryl methyl sites for hydroxylation is 1. The van der Waals surface area contributed by atoms with E-state index in [0.29, 0.717) is 55.5 Å². The van der Waals surface area contributed by atoms with Crippen molar-refractivity contribution in [3.05, 3.63) is 58.6 Å². The van der Waals surface area contributed by atoms with Crippen LogP contribution in [0.2, 0.25) is 0 Å². The summed E-state index contributed by atoms with van der Waals surface area (Å²) < 4.78 is 40.6. The van der Waals surface area contributed by atoms with Gasteiger partial charge in [0, 0.05) is 43.1 Å². The molecule has 2 heterocycles. The number of amides is 1. The maximum Gasteiger partial charge on any atom is 0.410 e. The monoisotopic (exact) mass is 600 g/mol. The summed E-state index contributed by atoms with van der Waals surface area (Å²) in [5, 5.41) is 0.474. The fourth-order valence-electron chi connectivity index (χ4n) is 5.05. The van der Waals surface area contributed by atoms with Gasteiger partial charge in [0.25, 0.3) is 15.7 Å². The summed E-state index contributed by atoms with van der Waals surface area (Å²) in [6.45, 7) is 8.93. The van der Waals surface area contributed by atoms with Crippen LogP contribution in [0.4, 0.5) is 16.2 Å². The molecule has 4 rings (SSSR count). The van der Waals surface area contributed by atoms with Crippen LogP contribution in [0.25, 0.3) is 10.9 Å². The number of methoxy groups -OCH3 is 1. The molecule has 0 N–H and O–H groups in total. The highest BCUT2D eigenvalue weighted by molar-refractivity contribution is 7.85. The molecule has 0 aliphatic carbocycles. The lowest BCUT2D eigenvalue weighted by Gasteiger charge is -2.34. The van der Waals surface area contributed by atoms with Gasteiger partial charge >= 0.3 is 6.09 Å². The number of piperidine rings is 1. The Morgan fingerprint density at radius 1 is 1.10 bits per heavy atom. The Kier molecular flexibility index (Phi) is 9.47. The van der Waals surface area contributed by atoms with Crippen LogP contribution in [-0.4, -0.2) is 74.2 Å². The van der Waals surface area contributed by atoms with Crippen LogP contribution < -0.4 is 15.2 Å². The highest BCUT2D eigenvalue weighted by Gasteiger charge is 2.28. The second-order valence-electron chi connectivity index (χ2n) is 11.6. The summed E-state index contributed by atoms with van der Waals surface area (Å²) in [5.74, 6) is 0.685. The number of fused-ring (bicyclic) bond motifs is 1. The zero-order chi connectivity index (χ0) is 30.7. The van der Waals surface area contributed by atoms with Gasteiger partial charge in [-0.2, -0.15) is 8.42 Å². The Balaban J connectivity index is 1.62. The molecule has 1 aliphatic rings. The molecule has 11 nitrogen and oxygen atoms in total. The summed E-state index contributed by atoms with van der Waals surface area (Å²) in [4.78, 5) is 34.5. The number of anilines is 2. The molecule has 0 unspecified atom stereocenters. The number of hydrogen-bond acceptors (Lipinski definition) is 9. The van der Waals surface area contributed by atoms with E-state index < -0.39 is 15.7 Å². The van der Waals surface area contributed by atoms with Gasteiger partial charge in [0.1, 0.15) is 11.4 Å². The van der Waals surface area contributed by atoms with E-state index >= 15 is 0 Å². The molecular weight excluding hydrogens is 560 g/mol. The number of likely N-dealkylation sites (tertiary alicyclic amines) is 1. The van der Waals surface area contributed by atoms with Crippen LogP contribution in [-0.2, 0) is 19.0 Å². The first kappa shape index (κ1) is 31.3. The number of ether oxygens (including phenoxy) is 2. The van der Waals surface area contributed by atoms with Gasteiger partial charge in [-0.1, -0.05) is 0 Å². The van der Waals surface area contributed by atoms with Crippen molar-refractivity contribution in [1.29, 1.82) is 0 Å². The summed E-state index contributed by atoms with van der Waals surface area (Å²) in [6, 6.07) is 11.3. The molecule has 1 saturated heterocycles. The van der Waals surface area contributed by atoms with Crippen LogP contribution in [0.5, 0.6) is 5.75 Å². The zero-order valence-electron chi connectivity index (χ0n) is 25.1. The summed E-state index contributed by atoms with van der Waals surface area (Å²) >= 11 is 0. The molecule has 228 valence electrons. The minimum atomic E-state index is -3.55. The number of nitrogens with zero attached hydrogens (tertiary/aromatic N) is 4. The first-order valence-corrected chi connectivity index (χ1v) is 15.8. The lowest BCUT2D eigenvalue weighted by molar-refractivity contribution is 0.0187. The van der Waals surface area contributed by atoms with Crippen molar-refractivity contribution in [1.82, 2.24) is 14.5 Å². The molecule has 1 aromatic heterocycles. The number of hydrogen-bond donors (Lipinski definition) is 0. The lowest BCUT2D eigenvalue weighted by atomic mass is 10.0. The van der Waals surface area contributed by atoms with Gasteiger partial charge in [0.05, 0.1) is 37.2 Å². The molecule has 12 heteroatoms. The Labute approximate surface area is 247 Å². The van der Waals surface area contributed by atoms with Crippen molar-refractivity contribution in [3.8, 4) is 5.75 Å². The van der Waals surface area contributed by atoms with Gasteiger partial charge in [0.2, 0.25) is 0 Å². The highest BCUT2D eigenvalue weighted by atomic mass is 32.2. The third-order valence-electron chi connectivity index (χ3n) is 6.99. The molecule has 0 saturated carbocycles. The van der Waals surface area contributed by atoms with Crippen LogP contribution in [0.1, 0.15) is 51.6 Å². The van der Waals surface area contributed by atoms with Crippen LogP contribution in [0.3, 0.4) is 0 Å². The van der Waals surface area contributed by atoms with Crippen molar-refractivity contribution in [3.63, 3.8) is 0 Å². The van der Waals surface area contributed by atoms with E-state index in [1.807, 2.05) is 69.0 Å². The average molecular weight is 601 g/mol. The van der Waals surface area contributed by atoms with E-state index in [9.17, 15) is 18.0 Å². The molecule has 0 atom stereocenters. The molecule has 3 aromatic rings. The molecule has 42 heavy (non-hydrogen) atoms. The number of rotatable bonds is 9. The van der Waals surface area contributed by atoms with Crippen molar-refractivity contribution < 1.29 is 26.9 Å². The van der Waals surface area contributed by atoms with Gasteiger partial charge in [-0.15, -0.1) is 0 Å². The van der Waals surface area contributed by atoms with Crippen LogP contribution >= 0.6 is 0 Å². The van der Waals surface area contributed by atoms with Crippen molar-refractivity contribution >= 4 is 38.5 Å². The number of carbonyl (C=O) groups excluding carboxylic acids is 1. The molecule has 0 spiro atoms. The molecule has 0 bridgehead atoms. The van der Waals surface area contributed by atoms with E-state index in [0.717, 1.165) is 23.2 Å². The Hall–Kier alpha value is -3.64. The fraction of sp³-hybridized carbons (Fsp3) is 0.500. The minimum Gasteiger partial charge on any atom is -0.497 e. The lowest BCUT2D eigenvalue weighted by Crippen LogP contribution is -2.43. The van der Waals surface area contributed by atoms with Gasteiger partial charge in [-0.25, -0.2) is 9.78 Å². The predicted octanol–water partition coefficient (Wildman–Crippen LogP) is 4.79. The molecule has 0 radical (unpaired) electrons. The smallest absolute Gasteiger partial charge is 0.410 e. The third-order valence-corrected chi connectivity index (χ3v) is 7.59. The first-order chi connectivity index (χ1) is 19.7. The second kappa shape index (κ2) is 12.7. The van der Waals surface area contributed by atoms with Crippen LogP contribution in [0, 0.1) is 6.92 Å². The average Bonchev–Trinajstić information content (AvgIpc) is 2.91. The third kappa shape index (κ3) is 8.01. The Bertz CT molecular complexity index is 1590. The van der Waals surface area contributed by atoms with Crippen molar-refractivity contribution in [2.45, 2.75) is 58.6 Å². The topological polar surface area (TPSA) is 120 Å². The van der Waals surface area contributed by atoms with Crippen LogP contribution in [0.15, 0.2) is 47.5 Å². The van der Waals surface area contributed by atoms with Crippen molar-refractivity contribution in [2.24, 2.45) is 0 Å². The standard InChI is InChI=1S/C30H40N4O7S/c1-21-16-24(18-25(17-21)39-5)33(12-7-15-40-42(6,37)38)23-8-9-27-26(19-23)28(35)34(20-31-27)22-10-13-32(14-11-22)29(36)41-30(2,3)4/h8-9,16-20,22H,7,10-15H2,1-6H3. The van der Waals surface area contributed by atoms with E-state index in [1.54, 1.807) is 22.9 Å². The second-order valence-corrected chi connectivity index (χ2v) is 13.2. The quantitative estimate of drug-likeness (QED) is 0.252. The minimum absolute atomic E-state index is 0.0300. The first-order valence-electron chi connectivity index (χ1n) is 14.0. The van der Waals surface area contributed by atoms with E-state index in [1.165, 1.54) is 0 Å². The van der Waals surface area contributed by atoms with E-state index in [4.69, 9.17) is 13.7 Å². The Morgan fingerprint density at radius 2 is 1.81 bits per heavy atom. The zero-order valence-corrected chi connectivity index (χ0v) is 25.9. The van der Waals surface area contributed by atoms with Gasteiger partial charge < -0.3 is 19.3 Å². The number of carbonyl (C=O) groups is 1. The maximum atomic E-state index is 13.8. The molecule has 2 aromatic carbocycles. The molecular formula is C30H40N4O7S. The predicted molar refractivity (Wildman–Crippen MR) is 162 cm³/mol. The van der Waals surface area contributed by atoms with Gasteiger partial charge in [-0.3, -0.25) is 13.5 Å². The van der Waals surface area contributed by atoms with Crippen molar-refractivity contribution in [2.75, 3.05) is 44.5 Å². The maximum absolute atomic E-state index is 13.8. The molecule has 1 fully saturated rings. The largest absolute Gasteiger partial charge is 0.497 e. The van der Waals surface area contributed by atoms with E-state index in [2.05, 4.69) is 4.98 Å². The molecule has 1 amide bonds. The Morgan fingerprint density at radius 3 is 2.45 bits per heavy atom. The van der Waals surface area contributed by atoms with Gasteiger partial charge in [-0.05, 0) is 82.9 Å².